The van der Waals surface area contributed by atoms with E-state index >= 15 is 0 Å². The zero-order valence-electron chi connectivity index (χ0n) is 4.77. The average molecular weight is 842 g/mol. The van der Waals surface area contributed by atoms with Crippen LogP contribution in [0.5, 0.6) is 0 Å². The molecule has 0 saturated carbocycles. The van der Waals surface area contributed by atoms with Crippen molar-refractivity contribution in [3.8, 4) is 0 Å². The van der Waals surface area contributed by atoms with E-state index in [2.05, 4.69) is -0.255 Å². The third-order valence-corrected chi connectivity index (χ3v) is 14.5. The number of hydrogen-bond acceptors (Lipinski definition) is 8. The fourth-order valence-corrected chi connectivity index (χ4v) is 5.92. The Morgan fingerprint density at radius 1 is 0.636 bits per heavy atom. The minimum absolute atomic E-state index is 3.47. The van der Waals surface area contributed by atoms with Gasteiger partial charge in [-0.1, -0.05) is 0 Å². The number of hydrogen-bond donors (Lipinski definition) is 0. The Bertz CT molecular complexity index is 278. The second-order valence-corrected chi connectivity index (χ2v) is 15.9. The Kier molecular flexibility index (Phi) is 13.5. The SMILES string of the molecule is [O]=[U](=[O])=[O].[O]=[U](=[O])[O][U](=[O])=[O]. The van der Waals surface area contributed by atoms with Crippen LogP contribution < -0.4 is 0 Å². The predicted octanol–water partition coefficient (Wildman–Crippen LogP) is -0.900. The molecule has 0 spiro atoms. The van der Waals surface area contributed by atoms with Crippen LogP contribution in [-0.4, -0.2) is 0 Å². The van der Waals surface area contributed by atoms with E-state index < -0.39 is 79.4 Å². The molecule has 0 heterocycles. The normalized spacial score (nSPS) is 7.27. The van der Waals surface area contributed by atoms with Crippen LogP contribution in [0, 0.1) is 79.4 Å². The standard InChI is InChI=1S/8O.3U. The van der Waals surface area contributed by atoms with Crippen molar-refractivity contribution in [1.82, 2.24) is 0 Å². The molecule has 0 aromatic carbocycles. The van der Waals surface area contributed by atoms with Crippen molar-refractivity contribution in [3.05, 3.63) is 0 Å². The van der Waals surface area contributed by atoms with Gasteiger partial charge in [0.25, 0.3) is 0 Å². The van der Waals surface area contributed by atoms with E-state index in [9.17, 15) is 8.94 Å². The van der Waals surface area contributed by atoms with Gasteiger partial charge >= 0.3 is 94.8 Å². The molecule has 11 heteroatoms. The van der Waals surface area contributed by atoms with Gasteiger partial charge in [0.2, 0.25) is 0 Å². The van der Waals surface area contributed by atoms with Crippen molar-refractivity contribution in [1.29, 1.82) is 0 Å². The summed E-state index contributed by atoms with van der Waals surface area (Å²) in [6.07, 6.45) is 0. The van der Waals surface area contributed by atoms with Crippen LogP contribution in [0.15, 0.2) is 0 Å². The van der Waals surface area contributed by atoms with Gasteiger partial charge in [-0.3, -0.25) is 0 Å². The Hall–Kier alpha value is 1.72. The van der Waals surface area contributed by atoms with Gasteiger partial charge in [0.1, 0.15) is 0 Å². The molecule has 0 N–H and O–H groups in total. The Labute approximate surface area is 92.5 Å². The fourth-order valence-electron chi connectivity index (χ4n) is 0.0680. The molecule has 0 radical (unpaired) electrons. The van der Waals surface area contributed by atoms with Gasteiger partial charge in [-0.2, -0.15) is 0 Å². The number of rotatable bonds is 2. The predicted molar refractivity (Wildman–Crippen MR) is 5.89 cm³/mol. The Balaban J connectivity index is 0. The van der Waals surface area contributed by atoms with Gasteiger partial charge in [-0.25, -0.2) is 0 Å². The van der Waals surface area contributed by atoms with Crippen molar-refractivity contribution in [2.45, 2.75) is 0 Å². The van der Waals surface area contributed by atoms with E-state index in [1.54, 1.807) is 0 Å². The van der Waals surface area contributed by atoms with Crippen LogP contribution in [0.25, 0.3) is 0 Å². The molecule has 0 atom stereocenters. The van der Waals surface area contributed by atoms with Crippen molar-refractivity contribution in [2.75, 3.05) is 0 Å². The first-order valence-corrected chi connectivity index (χ1v) is 17.1. The van der Waals surface area contributed by atoms with Gasteiger partial charge in [-0.15, -0.1) is 0 Å². The minimum atomic E-state index is -4.48. The molecule has 0 aliphatic rings. The summed E-state index contributed by atoms with van der Waals surface area (Å²) in [7, 11) is 0. The van der Waals surface area contributed by atoms with Crippen LogP contribution in [0.1, 0.15) is 0 Å². The molecule has 0 aromatic heterocycles. The van der Waals surface area contributed by atoms with E-state index in [4.69, 9.17) is 6.71 Å². The molecule has 0 rings (SSSR count). The third kappa shape index (κ3) is 33.9. The third-order valence-electron chi connectivity index (χ3n) is 0.167. The first-order chi connectivity index (χ1) is 4.86. The van der Waals surface area contributed by atoms with Crippen molar-refractivity contribution in [3.63, 3.8) is 0 Å². The maximum atomic E-state index is 9.44. The van der Waals surface area contributed by atoms with Gasteiger partial charge in [0, 0.05) is 0 Å². The molecule has 0 amide bonds. The zero-order valence-corrected chi connectivity index (χ0v) is 17.3. The monoisotopic (exact) mass is 842 g/mol. The molecule has 11 heavy (non-hydrogen) atoms. The van der Waals surface area contributed by atoms with Crippen molar-refractivity contribution >= 4 is 0 Å². The molecule has 0 fully saturated rings. The van der Waals surface area contributed by atoms with Gasteiger partial charge < -0.3 is 0 Å². The molecule has 0 bridgehead atoms. The first-order valence-electron chi connectivity index (χ1n) is 1.84. The zero-order chi connectivity index (χ0) is 9.44. The van der Waals surface area contributed by atoms with Crippen LogP contribution in [0.3, 0.4) is 0 Å². The fraction of sp³-hybridized carbons (Fsp3) is 0. The quantitative estimate of drug-likeness (QED) is 0.351. The maximum absolute atomic E-state index is 9.44. The average Bonchev–Trinajstić information content (AvgIpc) is 1.56. The van der Waals surface area contributed by atoms with Crippen LogP contribution >= 0.6 is 0 Å². The van der Waals surface area contributed by atoms with E-state index in [1.165, 1.54) is 0 Å². The Morgan fingerprint density at radius 3 is 0.818 bits per heavy atom. The topological polar surface area (TPSA) is 129 Å². The molecule has 0 aromatic rings. The van der Waals surface area contributed by atoms with E-state index in [0.29, 0.717) is 0 Å². The van der Waals surface area contributed by atoms with Crippen molar-refractivity contribution in [2.24, 2.45) is 0 Å². The Morgan fingerprint density at radius 2 is 0.818 bits per heavy atom. The summed E-state index contributed by atoms with van der Waals surface area (Å²) in [6.45, 7) is 0. The summed E-state index contributed by atoms with van der Waals surface area (Å²) in [5, 5.41) is 0. The molecule has 0 aliphatic heterocycles. The molecule has 8 nitrogen and oxygen atoms in total. The summed E-state index contributed by atoms with van der Waals surface area (Å²) in [4.78, 5) is 0. The van der Waals surface area contributed by atoms with Gasteiger partial charge in [-0.05, 0) is 0 Å². The summed E-state index contributed by atoms with van der Waals surface area (Å²) < 4.78 is 67.1. The van der Waals surface area contributed by atoms with Crippen LogP contribution in [0.2, 0.25) is 0 Å². The van der Waals surface area contributed by atoms with E-state index in [1.807, 2.05) is 0 Å². The second kappa shape index (κ2) is 9.80. The van der Waals surface area contributed by atoms with Gasteiger partial charge in [0.15, 0.2) is 0 Å². The van der Waals surface area contributed by atoms with Crippen LogP contribution in [-0.2, 0) is 15.4 Å². The van der Waals surface area contributed by atoms with Crippen molar-refractivity contribution < 1.29 is 94.8 Å². The molecule has 0 unspecified atom stereocenters. The van der Waals surface area contributed by atoms with Crippen LogP contribution in [0.4, 0.5) is 0 Å². The first kappa shape index (κ1) is 15.2. The molecular formula is O8U3. The molecule has 0 aliphatic carbocycles. The molecule has 0 saturated heterocycles. The summed E-state index contributed by atoms with van der Waals surface area (Å²) in [5.74, 6) is 0. The summed E-state index contributed by atoms with van der Waals surface area (Å²) in [6, 6.07) is 0. The van der Waals surface area contributed by atoms with Gasteiger partial charge in [0.05, 0.1) is 0 Å². The second-order valence-electron chi connectivity index (χ2n) is 0.852. The molecular weight excluding hydrogens is 842 g/mol. The van der Waals surface area contributed by atoms with E-state index in [-0.39, 0.29) is 0 Å². The molecule has 60 valence electrons. The summed E-state index contributed by atoms with van der Waals surface area (Å²) in [5.41, 5.74) is 0. The summed E-state index contributed by atoms with van der Waals surface area (Å²) >= 11 is -13.3. The van der Waals surface area contributed by atoms with E-state index in [0.717, 1.165) is 0 Å².